The number of anilines is 1. The van der Waals surface area contributed by atoms with E-state index in [4.69, 9.17) is 5.84 Å². The minimum absolute atomic E-state index is 0.422. The van der Waals surface area contributed by atoms with E-state index in [-0.39, 0.29) is 0 Å². The molecule has 0 aliphatic carbocycles. The van der Waals surface area contributed by atoms with Crippen LogP contribution in [0.25, 0.3) is 10.8 Å². The van der Waals surface area contributed by atoms with Crippen LogP contribution in [0.4, 0.5) is 5.95 Å². The first-order valence-electron chi connectivity index (χ1n) is 5.81. The minimum Gasteiger partial charge on any atom is -0.292 e. The van der Waals surface area contributed by atoms with E-state index in [0.717, 1.165) is 9.92 Å². The number of rotatable bonds is 3. The molecule has 0 saturated heterocycles. The van der Waals surface area contributed by atoms with E-state index in [1.807, 2.05) is 18.2 Å². The zero-order valence-electron chi connectivity index (χ0n) is 10.1. The van der Waals surface area contributed by atoms with Gasteiger partial charge < -0.3 is 0 Å². The van der Waals surface area contributed by atoms with Gasteiger partial charge in [0.2, 0.25) is 5.95 Å². The topological polar surface area (TPSA) is 63.8 Å². The number of nitrogens with zero attached hydrogens (tertiary/aromatic N) is 2. The molecule has 3 aromatic rings. The van der Waals surface area contributed by atoms with Gasteiger partial charge in [0.1, 0.15) is 5.03 Å². The fourth-order valence-corrected chi connectivity index (χ4v) is 2.64. The van der Waals surface area contributed by atoms with Crippen molar-refractivity contribution in [1.82, 2.24) is 9.97 Å². The van der Waals surface area contributed by atoms with Crippen molar-refractivity contribution >= 4 is 28.5 Å². The maximum absolute atomic E-state index is 5.30. The maximum Gasteiger partial charge on any atom is 0.238 e. The van der Waals surface area contributed by atoms with Crippen molar-refractivity contribution in [1.29, 1.82) is 0 Å². The summed E-state index contributed by atoms with van der Waals surface area (Å²) in [5.41, 5.74) is 2.45. The van der Waals surface area contributed by atoms with Crippen LogP contribution in [0.5, 0.6) is 0 Å². The lowest BCUT2D eigenvalue weighted by molar-refractivity contribution is 1.03. The summed E-state index contributed by atoms with van der Waals surface area (Å²) in [5.74, 6) is 5.72. The van der Waals surface area contributed by atoms with Gasteiger partial charge >= 0.3 is 0 Å². The molecule has 0 bridgehead atoms. The van der Waals surface area contributed by atoms with Crippen LogP contribution in [-0.4, -0.2) is 9.97 Å². The van der Waals surface area contributed by atoms with Crippen LogP contribution in [0.3, 0.4) is 0 Å². The molecule has 19 heavy (non-hydrogen) atoms. The molecule has 0 aliphatic rings. The molecule has 4 nitrogen and oxygen atoms in total. The Morgan fingerprint density at radius 3 is 2.68 bits per heavy atom. The van der Waals surface area contributed by atoms with E-state index < -0.39 is 0 Å². The predicted octanol–water partition coefficient (Wildman–Crippen LogP) is 3.07. The van der Waals surface area contributed by atoms with Crippen LogP contribution in [0.15, 0.2) is 64.6 Å². The van der Waals surface area contributed by atoms with Crippen molar-refractivity contribution < 1.29 is 0 Å². The molecular formula is C14H12N4S. The third-order valence-electron chi connectivity index (χ3n) is 2.70. The molecule has 0 spiro atoms. The molecule has 94 valence electrons. The Morgan fingerprint density at radius 1 is 1.00 bits per heavy atom. The molecule has 0 aliphatic heterocycles. The summed E-state index contributed by atoms with van der Waals surface area (Å²) in [4.78, 5) is 9.41. The SMILES string of the molecule is NNc1nccc(Sc2ccc3ccccc3c2)n1. The average molecular weight is 268 g/mol. The van der Waals surface area contributed by atoms with Crippen LogP contribution >= 0.6 is 11.8 Å². The lowest BCUT2D eigenvalue weighted by Gasteiger charge is -2.04. The van der Waals surface area contributed by atoms with Crippen LogP contribution in [0.1, 0.15) is 0 Å². The van der Waals surface area contributed by atoms with E-state index in [1.165, 1.54) is 10.8 Å². The van der Waals surface area contributed by atoms with E-state index in [9.17, 15) is 0 Å². The first-order valence-corrected chi connectivity index (χ1v) is 6.63. The molecule has 3 rings (SSSR count). The van der Waals surface area contributed by atoms with E-state index in [1.54, 1.807) is 18.0 Å². The molecule has 2 aromatic carbocycles. The number of nitrogens with two attached hydrogens (primary N) is 1. The maximum atomic E-state index is 5.30. The summed E-state index contributed by atoms with van der Waals surface area (Å²) in [5, 5.41) is 3.32. The van der Waals surface area contributed by atoms with Crippen molar-refractivity contribution in [2.24, 2.45) is 5.84 Å². The normalized spacial score (nSPS) is 10.6. The van der Waals surface area contributed by atoms with Crippen LogP contribution in [0, 0.1) is 0 Å². The Labute approximate surface area is 115 Å². The molecule has 0 unspecified atom stereocenters. The lowest BCUT2D eigenvalue weighted by Crippen LogP contribution is -2.10. The summed E-state index contributed by atoms with van der Waals surface area (Å²) in [6, 6.07) is 16.5. The van der Waals surface area contributed by atoms with Gasteiger partial charge in [0.25, 0.3) is 0 Å². The molecule has 0 fully saturated rings. The Balaban J connectivity index is 1.92. The second-order valence-electron chi connectivity index (χ2n) is 3.97. The smallest absolute Gasteiger partial charge is 0.238 e. The quantitative estimate of drug-likeness (QED) is 0.434. The fraction of sp³-hybridized carbons (Fsp3) is 0. The van der Waals surface area contributed by atoms with Crippen LogP contribution in [0.2, 0.25) is 0 Å². The number of nitrogen functional groups attached to an aromatic ring is 1. The van der Waals surface area contributed by atoms with Crippen LogP contribution < -0.4 is 11.3 Å². The third-order valence-corrected chi connectivity index (χ3v) is 3.63. The molecule has 3 N–H and O–H groups in total. The van der Waals surface area contributed by atoms with Gasteiger partial charge in [0.05, 0.1) is 0 Å². The third kappa shape index (κ3) is 2.67. The first kappa shape index (κ1) is 12.0. The van der Waals surface area contributed by atoms with Crippen molar-refractivity contribution in [2.75, 3.05) is 5.43 Å². The molecule has 1 heterocycles. The average Bonchev–Trinajstić information content (AvgIpc) is 2.47. The van der Waals surface area contributed by atoms with Crippen LogP contribution in [-0.2, 0) is 0 Å². The largest absolute Gasteiger partial charge is 0.292 e. The summed E-state index contributed by atoms with van der Waals surface area (Å²) >= 11 is 1.59. The molecule has 0 radical (unpaired) electrons. The first-order chi connectivity index (χ1) is 9.35. The van der Waals surface area contributed by atoms with Gasteiger partial charge in [-0.3, -0.25) is 5.43 Å². The van der Waals surface area contributed by atoms with Crippen molar-refractivity contribution in [3.8, 4) is 0 Å². The summed E-state index contributed by atoms with van der Waals surface area (Å²) in [6.45, 7) is 0. The zero-order valence-corrected chi connectivity index (χ0v) is 10.9. The number of aromatic nitrogens is 2. The van der Waals surface area contributed by atoms with Gasteiger partial charge in [-0.05, 0) is 29.0 Å². The van der Waals surface area contributed by atoms with Gasteiger partial charge in [0, 0.05) is 11.1 Å². The van der Waals surface area contributed by atoms with E-state index >= 15 is 0 Å². The number of hydrazine groups is 1. The Bertz CT molecular complexity index is 714. The Kier molecular flexibility index (Phi) is 3.31. The fourth-order valence-electron chi connectivity index (χ4n) is 1.82. The monoisotopic (exact) mass is 268 g/mol. The van der Waals surface area contributed by atoms with Gasteiger partial charge in [-0.25, -0.2) is 15.8 Å². The number of nitrogens with one attached hydrogen (secondary N) is 1. The molecule has 0 saturated carbocycles. The van der Waals surface area contributed by atoms with Gasteiger partial charge in [-0.15, -0.1) is 0 Å². The highest BCUT2D eigenvalue weighted by Gasteiger charge is 2.02. The van der Waals surface area contributed by atoms with E-state index in [0.29, 0.717) is 5.95 Å². The Hall–Kier alpha value is -2.11. The molecule has 0 amide bonds. The standard InChI is InChI=1S/C14H12N4S/c15-18-14-16-8-7-13(17-14)19-12-6-5-10-3-1-2-4-11(10)9-12/h1-9H,15H2,(H,16,17,18). The summed E-state index contributed by atoms with van der Waals surface area (Å²) in [6.07, 6.45) is 1.69. The highest BCUT2D eigenvalue weighted by Crippen LogP contribution is 2.28. The Morgan fingerprint density at radius 2 is 1.84 bits per heavy atom. The van der Waals surface area contributed by atoms with Gasteiger partial charge in [-0.1, -0.05) is 42.1 Å². The lowest BCUT2D eigenvalue weighted by atomic mass is 10.1. The second kappa shape index (κ2) is 5.26. The summed E-state index contributed by atoms with van der Waals surface area (Å²) in [7, 11) is 0. The molecule has 1 aromatic heterocycles. The highest BCUT2D eigenvalue weighted by atomic mass is 32.2. The van der Waals surface area contributed by atoms with Crippen molar-refractivity contribution in [2.45, 2.75) is 9.92 Å². The number of hydrogen-bond acceptors (Lipinski definition) is 5. The van der Waals surface area contributed by atoms with Gasteiger partial charge in [-0.2, -0.15) is 0 Å². The highest BCUT2D eigenvalue weighted by molar-refractivity contribution is 7.99. The van der Waals surface area contributed by atoms with Crippen molar-refractivity contribution in [3.05, 3.63) is 54.7 Å². The second-order valence-corrected chi connectivity index (χ2v) is 5.07. The molecule has 0 atom stereocenters. The molecular weight excluding hydrogens is 256 g/mol. The number of benzene rings is 2. The molecule has 5 heteroatoms. The van der Waals surface area contributed by atoms with E-state index in [2.05, 4.69) is 45.7 Å². The number of fused-ring (bicyclic) bond motifs is 1. The minimum atomic E-state index is 0.422. The van der Waals surface area contributed by atoms with Gasteiger partial charge in [0.15, 0.2) is 0 Å². The predicted molar refractivity (Wildman–Crippen MR) is 77.9 cm³/mol. The number of hydrogen-bond donors (Lipinski definition) is 2. The van der Waals surface area contributed by atoms with Crippen molar-refractivity contribution in [3.63, 3.8) is 0 Å². The zero-order chi connectivity index (χ0) is 13.1. The summed E-state index contributed by atoms with van der Waals surface area (Å²) < 4.78 is 0.